The second-order valence-corrected chi connectivity index (χ2v) is 16.2. The highest BCUT2D eigenvalue weighted by molar-refractivity contribution is 6.87. The molecular weight excluding hydrogens is 442 g/mol. The highest BCUT2D eigenvalue weighted by Crippen LogP contribution is 2.25. The van der Waals surface area contributed by atoms with Crippen LogP contribution in [0.5, 0.6) is 0 Å². The number of amides is 1. The van der Waals surface area contributed by atoms with Crippen LogP contribution in [-0.2, 0) is 23.7 Å². The van der Waals surface area contributed by atoms with Crippen molar-refractivity contribution in [1.82, 2.24) is 5.32 Å². The smallest absolute Gasteiger partial charge is 0.407 e. The fourth-order valence-electron chi connectivity index (χ4n) is 1.94. The van der Waals surface area contributed by atoms with Gasteiger partial charge in [-0.15, -0.1) is 12.0 Å². The van der Waals surface area contributed by atoms with Crippen LogP contribution >= 0.6 is 0 Å². The van der Waals surface area contributed by atoms with Crippen LogP contribution in [0.15, 0.2) is 12.2 Å². The molecule has 0 aromatic heterocycles. The topological polar surface area (TPSA) is 83.1 Å². The number of carbonyl (C=O) groups excluding carboxylic acids is 2. The lowest BCUT2D eigenvalue weighted by molar-refractivity contribution is -0.138. The molecule has 0 saturated heterocycles. The van der Waals surface area contributed by atoms with E-state index in [0.29, 0.717) is 5.57 Å². The summed E-state index contributed by atoms with van der Waals surface area (Å²) in [6.07, 6.45) is 7.30. The lowest BCUT2D eigenvalue weighted by Gasteiger charge is -2.38. The number of hydrogen-bond donors (Lipinski definition) is 1. The molecule has 9 heteroatoms. The van der Waals surface area contributed by atoms with Crippen LogP contribution in [0.25, 0.3) is 0 Å². The van der Waals surface area contributed by atoms with Gasteiger partial charge in [0.1, 0.15) is 31.7 Å². The standard InChI is InChI=1S/C23H35NO6Si2.H2/c1-10-11-18-32(8,9)23(4,5)30-20(31(6)7)12-14-27-16-17-29-22(26)24-13-15-28-21(25)19(2)3;/h1,20,31H,2,13,15-17H2,3-9H3,(H,24,26);1H. The molecule has 0 heterocycles. The second kappa shape index (κ2) is 14.4. The van der Waals surface area contributed by atoms with E-state index >= 15 is 0 Å². The molecule has 0 spiro atoms. The number of rotatable bonds is 11. The molecule has 1 unspecified atom stereocenters. The van der Waals surface area contributed by atoms with Crippen molar-refractivity contribution in [3.63, 3.8) is 0 Å². The summed E-state index contributed by atoms with van der Waals surface area (Å²) >= 11 is 0. The predicted molar refractivity (Wildman–Crippen MR) is 133 cm³/mol. The molecule has 1 N–H and O–H groups in total. The largest absolute Gasteiger partial charge is 0.460 e. The van der Waals surface area contributed by atoms with Crippen molar-refractivity contribution in [1.29, 1.82) is 0 Å². The third-order valence-corrected chi connectivity index (χ3v) is 10.0. The summed E-state index contributed by atoms with van der Waals surface area (Å²) in [5.41, 5.74) is 3.28. The summed E-state index contributed by atoms with van der Waals surface area (Å²) in [6.45, 7) is 17.9. The Kier molecular flexibility index (Phi) is 13.2. The normalized spacial score (nSPS) is 11.6. The van der Waals surface area contributed by atoms with Crippen LogP contribution in [-0.4, -0.2) is 66.3 Å². The number of esters is 1. The van der Waals surface area contributed by atoms with Gasteiger partial charge in [-0.3, -0.25) is 0 Å². The van der Waals surface area contributed by atoms with E-state index in [1.54, 1.807) is 6.92 Å². The van der Waals surface area contributed by atoms with E-state index in [1.165, 1.54) is 0 Å². The molecule has 0 radical (unpaired) electrons. The van der Waals surface area contributed by atoms with Crippen molar-refractivity contribution in [2.24, 2.45) is 0 Å². The number of carbonyl (C=O) groups is 2. The molecule has 0 saturated carbocycles. The van der Waals surface area contributed by atoms with Crippen LogP contribution in [0.2, 0.25) is 26.2 Å². The summed E-state index contributed by atoms with van der Waals surface area (Å²) in [5.74, 6) is 7.64. The van der Waals surface area contributed by atoms with E-state index in [1.807, 2.05) is 13.8 Å². The Hall–Kier alpha value is -2.65. The summed E-state index contributed by atoms with van der Waals surface area (Å²) in [5, 5.41) is 2.02. The van der Waals surface area contributed by atoms with Crippen molar-refractivity contribution < 1.29 is 30.0 Å². The lowest BCUT2D eigenvalue weighted by atomic mass is 10.4. The highest BCUT2D eigenvalue weighted by Gasteiger charge is 2.41. The lowest BCUT2D eigenvalue weighted by Crippen LogP contribution is -2.54. The third-order valence-electron chi connectivity index (χ3n) is 4.62. The predicted octanol–water partition coefficient (Wildman–Crippen LogP) is 2.67. The summed E-state index contributed by atoms with van der Waals surface area (Å²) < 4.78 is 21.4. The first-order valence-corrected chi connectivity index (χ1v) is 16.3. The van der Waals surface area contributed by atoms with Gasteiger partial charge < -0.3 is 24.3 Å². The average molecular weight is 480 g/mol. The van der Waals surface area contributed by atoms with E-state index in [4.69, 9.17) is 25.4 Å². The van der Waals surface area contributed by atoms with Gasteiger partial charge in [-0.25, -0.2) is 9.59 Å². The van der Waals surface area contributed by atoms with E-state index in [9.17, 15) is 9.59 Å². The molecule has 0 bridgehead atoms. The molecule has 0 aliphatic rings. The van der Waals surface area contributed by atoms with Crippen LogP contribution in [0.3, 0.4) is 0 Å². The number of terminal acetylenes is 1. The van der Waals surface area contributed by atoms with Gasteiger partial charge in [0.2, 0.25) is 0 Å². The first-order chi connectivity index (χ1) is 14.8. The fourth-order valence-corrected chi connectivity index (χ4v) is 4.19. The molecule has 0 aliphatic carbocycles. The third kappa shape index (κ3) is 11.7. The Morgan fingerprint density at radius 3 is 2.44 bits per heavy atom. The van der Waals surface area contributed by atoms with Gasteiger partial charge in [0, 0.05) is 7.00 Å². The maximum atomic E-state index is 11.6. The van der Waals surface area contributed by atoms with E-state index in [2.05, 4.69) is 67.5 Å². The molecule has 0 rings (SSSR count). The minimum Gasteiger partial charge on any atom is -0.460 e. The average Bonchev–Trinajstić information content (AvgIpc) is 2.70. The van der Waals surface area contributed by atoms with Crippen molar-refractivity contribution in [3.05, 3.63) is 12.2 Å². The minimum atomic E-state index is -2.07. The van der Waals surface area contributed by atoms with Gasteiger partial charge in [-0.1, -0.05) is 32.8 Å². The zero-order valence-corrected chi connectivity index (χ0v) is 22.4. The zero-order valence-electron chi connectivity index (χ0n) is 20.2. The molecule has 32 heavy (non-hydrogen) atoms. The van der Waals surface area contributed by atoms with Crippen molar-refractivity contribution >= 4 is 28.9 Å². The Morgan fingerprint density at radius 2 is 1.88 bits per heavy atom. The molecular formula is C23H37NO6Si2. The number of ether oxygens (including phenoxy) is 4. The van der Waals surface area contributed by atoms with Crippen molar-refractivity contribution in [2.75, 3.05) is 26.4 Å². The molecule has 0 fully saturated rings. The van der Waals surface area contributed by atoms with Gasteiger partial charge in [0.15, 0.2) is 8.07 Å². The number of nitrogens with one attached hydrogen (secondary N) is 1. The molecule has 0 aliphatic heterocycles. The quantitative estimate of drug-likeness (QED) is 0.161. The Balaban J connectivity index is 0. The number of alkyl carbamates (subject to hydrolysis) is 1. The summed E-state index contributed by atoms with van der Waals surface area (Å²) in [6, 6.07) is 0. The first-order valence-electron chi connectivity index (χ1n) is 10.3. The SMILES string of the molecule is C#CC#C[Si](C)(C)C(C)(C)OC(C#COCCOC(=O)NCCOC(=O)C(=C)C)[SiH](C)C.[HH]. The monoisotopic (exact) mass is 479 g/mol. The van der Waals surface area contributed by atoms with Crippen molar-refractivity contribution in [3.8, 4) is 35.8 Å². The molecule has 1 amide bonds. The van der Waals surface area contributed by atoms with Gasteiger partial charge in [0.25, 0.3) is 0 Å². The van der Waals surface area contributed by atoms with Crippen molar-refractivity contribution in [2.45, 2.75) is 57.9 Å². The first kappa shape index (κ1) is 29.4. The van der Waals surface area contributed by atoms with E-state index < -0.39 is 34.2 Å². The Morgan fingerprint density at radius 1 is 1.22 bits per heavy atom. The highest BCUT2D eigenvalue weighted by atomic mass is 28.3. The van der Waals surface area contributed by atoms with Gasteiger partial charge in [0.05, 0.1) is 20.6 Å². The van der Waals surface area contributed by atoms with Gasteiger partial charge >= 0.3 is 12.1 Å². The van der Waals surface area contributed by atoms with Crippen LogP contribution in [0, 0.1) is 35.8 Å². The van der Waals surface area contributed by atoms with Gasteiger partial charge in [-0.05, 0) is 38.5 Å². The molecule has 1 atom stereocenters. The Bertz CT molecular complexity index is 828. The molecule has 0 aromatic carbocycles. The Labute approximate surface area is 196 Å². The molecule has 178 valence electrons. The second-order valence-electron chi connectivity index (χ2n) is 8.39. The maximum absolute atomic E-state index is 11.6. The van der Waals surface area contributed by atoms with Crippen LogP contribution in [0.4, 0.5) is 4.79 Å². The van der Waals surface area contributed by atoms with Gasteiger partial charge in [-0.2, -0.15) is 0 Å². The van der Waals surface area contributed by atoms with Crippen LogP contribution < -0.4 is 5.32 Å². The zero-order chi connectivity index (χ0) is 24.8. The van der Waals surface area contributed by atoms with E-state index in [-0.39, 0.29) is 33.5 Å². The minimum absolute atomic E-state index is 0. The molecule has 0 aromatic rings. The summed E-state index contributed by atoms with van der Waals surface area (Å²) in [4.78, 5) is 22.8. The number of hydrogen-bond acceptors (Lipinski definition) is 6. The van der Waals surface area contributed by atoms with Crippen LogP contribution in [0.1, 0.15) is 22.2 Å². The fraction of sp³-hybridized carbons (Fsp3) is 0.565. The molecule has 7 nitrogen and oxygen atoms in total. The van der Waals surface area contributed by atoms with E-state index in [0.717, 1.165) is 0 Å². The summed E-state index contributed by atoms with van der Waals surface area (Å²) in [7, 11) is -3.34. The maximum Gasteiger partial charge on any atom is 0.407 e.